The van der Waals surface area contributed by atoms with Crippen molar-refractivity contribution in [2.45, 2.75) is 25.9 Å². The molecule has 2 aromatic rings. The smallest absolute Gasteiger partial charge is 0.458 e. The van der Waals surface area contributed by atoms with Crippen LogP contribution in [0.15, 0.2) is 48.7 Å². The molecular formula is C19H16F5NO. The second-order valence-corrected chi connectivity index (χ2v) is 6.83. The largest absolute Gasteiger partial charge is 0.492 e. The quantitative estimate of drug-likeness (QED) is 0.644. The van der Waals surface area contributed by atoms with E-state index in [2.05, 4.69) is 4.98 Å². The summed E-state index contributed by atoms with van der Waals surface area (Å²) in [5.41, 5.74) is -0.495. The molecule has 0 spiro atoms. The van der Waals surface area contributed by atoms with Crippen LogP contribution in [0.3, 0.4) is 0 Å². The number of hydrogen-bond acceptors (Lipinski definition) is 2. The Balaban J connectivity index is 2.21. The Kier molecular flexibility index (Phi) is 4.29. The standard InChI is InChI=1S/C19H16F5NO/c1-17(2)10-14(15-5-3-4-8-25-15)13-9-12(6-7-16(13)26-11-17)18(20,21)19(22,23)24/h3-10H,11H2,1-2H3. The molecule has 1 aromatic carbocycles. The molecule has 2 nitrogen and oxygen atoms in total. The molecule has 1 aliphatic rings. The maximum atomic E-state index is 13.8. The van der Waals surface area contributed by atoms with E-state index in [0.717, 1.165) is 18.2 Å². The second kappa shape index (κ2) is 6.07. The van der Waals surface area contributed by atoms with Gasteiger partial charge in [0.05, 0.1) is 12.3 Å². The predicted molar refractivity (Wildman–Crippen MR) is 87.0 cm³/mol. The lowest BCUT2D eigenvalue weighted by Crippen LogP contribution is -2.33. The number of halogens is 5. The van der Waals surface area contributed by atoms with E-state index >= 15 is 0 Å². The molecule has 0 unspecified atom stereocenters. The molecule has 0 saturated heterocycles. The van der Waals surface area contributed by atoms with Gasteiger partial charge in [-0.25, -0.2) is 0 Å². The highest BCUT2D eigenvalue weighted by atomic mass is 19.4. The van der Waals surface area contributed by atoms with Gasteiger partial charge in [-0.3, -0.25) is 4.98 Å². The van der Waals surface area contributed by atoms with Gasteiger partial charge >= 0.3 is 12.1 Å². The minimum atomic E-state index is -5.68. The van der Waals surface area contributed by atoms with Gasteiger partial charge in [0.2, 0.25) is 0 Å². The van der Waals surface area contributed by atoms with Crippen LogP contribution in [0.2, 0.25) is 0 Å². The molecule has 138 valence electrons. The molecule has 0 amide bonds. The van der Waals surface area contributed by atoms with Crippen LogP contribution < -0.4 is 4.74 Å². The lowest BCUT2D eigenvalue weighted by atomic mass is 9.88. The molecule has 3 rings (SSSR count). The summed E-state index contributed by atoms with van der Waals surface area (Å²) in [6, 6.07) is 7.83. The molecule has 2 heterocycles. The Morgan fingerprint density at radius 2 is 1.77 bits per heavy atom. The molecule has 0 radical (unpaired) electrons. The molecule has 26 heavy (non-hydrogen) atoms. The van der Waals surface area contributed by atoms with E-state index < -0.39 is 23.1 Å². The number of ether oxygens (including phenoxy) is 1. The van der Waals surface area contributed by atoms with Crippen LogP contribution in [-0.2, 0) is 5.92 Å². The van der Waals surface area contributed by atoms with Crippen molar-refractivity contribution in [3.63, 3.8) is 0 Å². The molecule has 0 saturated carbocycles. The van der Waals surface area contributed by atoms with Crippen LogP contribution in [0.1, 0.15) is 30.7 Å². The van der Waals surface area contributed by atoms with Crippen molar-refractivity contribution < 1.29 is 26.7 Å². The topological polar surface area (TPSA) is 22.1 Å². The first-order valence-electron chi connectivity index (χ1n) is 7.88. The fraction of sp³-hybridized carbons (Fsp3) is 0.316. The van der Waals surface area contributed by atoms with Crippen molar-refractivity contribution in [2.75, 3.05) is 6.61 Å². The highest BCUT2D eigenvalue weighted by Gasteiger charge is 2.58. The van der Waals surface area contributed by atoms with Gasteiger partial charge in [-0.05, 0) is 30.3 Å². The zero-order valence-corrected chi connectivity index (χ0v) is 14.1. The van der Waals surface area contributed by atoms with Gasteiger partial charge in [0.1, 0.15) is 5.75 Å². The van der Waals surface area contributed by atoms with Crippen LogP contribution >= 0.6 is 0 Å². The number of nitrogens with zero attached hydrogens (tertiary/aromatic N) is 1. The summed E-state index contributed by atoms with van der Waals surface area (Å²) in [5.74, 6) is -4.71. The highest BCUT2D eigenvalue weighted by Crippen LogP contribution is 2.46. The number of fused-ring (bicyclic) bond motifs is 1. The third-order valence-corrected chi connectivity index (χ3v) is 4.06. The summed E-state index contributed by atoms with van der Waals surface area (Å²) in [6.45, 7) is 4.02. The number of pyridine rings is 1. The van der Waals surface area contributed by atoms with Crippen LogP contribution in [0.5, 0.6) is 5.75 Å². The Morgan fingerprint density at radius 3 is 2.38 bits per heavy atom. The monoisotopic (exact) mass is 369 g/mol. The number of aromatic nitrogens is 1. The SMILES string of the molecule is CC1(C)C=C(c2ccccn2)c2cc(C(F)(F)C(F)(F)F)ccc2OC1. The van der Waals surface area contributed by atoms with Crippen molar-refractivity contribution in [3.05, 3.63) is 65.5 Å². The van der Waals surface area contributed by atoms with Gasteiger partial charge < -0.3 is 4.74 Å². The van der Waals surface area contributed by atoms with E-state index in [1.165, 1.54) is 6.20 Å². The fourth-order valence-corrected chi connectivity index (χ4v) is 2.73. The van der Waals surface area contributed by atoms with Gasteiger partial charge in [0.15, 0.2) is 0 Å². The maximum absolute atomic E-state index is 13.8. The molecule has 0 fully saturated rings. The minimum Gasteiger partial charge on any atom is -0.492 e. The van der Waals surface area contributed by atoms with Gasteiger partial charge in [0.25, 0.3) is 0 Å². The Bertz CT molecular complexity index is 841. The van der Waals surface area contributed by atoms with Gasteiger partial charge in [-0.15, -0.1) is 0 Å². The molecule has 1 aromatic heterocycles. The Labute approximate surface area is 147 Å². The van der Waals surface area contributed by atoms with E-state index in [1.54, 1.807) is 24.3 Å². The molecule has 0 atom stereocenters. The predicted octanol–water partition coefficient (Wildman–Crippen LogP) is 5.59. The first-order valence-corrected chi connectivity index (χ1v) is 7.88. The summed E-state index contributed by atoms with van der Waals surface area (Å²) in [4.78, 5) is 4.22. The van der Waals surface area contributed by atoms with Crippen molar-refractivity contribution >= 4 is 5.57 Å². The van der Waals surface area contributed by atoms with E-state index in [0.29, 0.717) is 11.3 Å². The summed E-state index contributed by atoms with van der Waals surface area (Å²) < 4.78 is 71.6. The van der Waals surface area contributed by atoms with E-state index in [9.17, 15) is 22.0 Å². The summed E-state index contributed by atoms with van der Waals surface area (Å²) >= 11 is 0. The van der Waals surface area contributed by atoms with E-state index in [-0.39, 0.29) is 17.9 Å². The normalized spacial score (nSPS) is 17.0. The summed E-state index contributed by atoms with van der Waals surface area (Å²) in [6.07, 6.45) is -2.36. The first kappa shape index (κ1) is 18.4. The van der Waals surface area contributed by atoms with Crippen LogP contribution in [0, 0.1) is 5.41 Å². The number of hydrogen-bond donors (Lipinski definition) is 0. The second-order valence-electron chi connectivity index (χ2n) is 6.83. The third kappa shape index (κ3) is 3.30. The van der Waals surface area contributed by atoms with Crippen molar-refractivity contribution in [2.24, 2.45) is 5.41 Å². The molecular weight excluding hydrogens is 353 g/mol. The average Bonchev–Trinajstić information content (AvgIpc) is 2.70. The Hall–Kier alpha value is -2.44. The lowest BCUT2D eigenvalue weighted by Gasteiger charge is -2.21. The number of alkyl halides is 5. The maximum Gasteiger partial charge on any atom is 0.458 e. The average molecular weight is 369 g/mol. The van der Waals surface area contributed by atoms with Crippen molar-refractivity contribution in [1.29, 1.82) is 0 Å². The molecule has 7 heteroatoms. The highest BCUT2D eigenvalue weighted by molar-refractivity contribution is 5.82. The molecule has 0 aliphatic carbocycles. The van der Waals surface area contributed by atoms with Gasteiger partial charge in [-0.1, -0.05) is 26.0 Å². The number of rotatable bonds is 2. The van der Waals surface area contributed by atoms with Crippen LogP contribution in [0.25, 0.3) is 5.57 Å². The third-order valence-electron chi connectivity index (χ3n) is 4.06. The molecule has 0 N–H and O–H groups in total. The van der Waals surface area contributed by atoms with Crippen LogP contribution in [-0.4, -0.2) is 17.8 Å². The number of benzene rings is 1. The van der Waals surface area contributed by atoms with Crippen molar-refractivity contribution in [3.8, 4) is 5.75 Å². The van der Waals surface area contributed by atoms with Gasteiger partial charge in [-0.2, -0.15) is 22.0 Å². The Morgan fingerprint density at radius 1 is 1.04 bits per heavy atom. The summed E-state index contributed by atoms with van der Waals surface area (Å²) in [7, 11) is 0. The van der Waals surface area contributed by atoms with Crippen molar-refractivity contribution in [1.82, 2.24) is 4.98 Å². The molecule has 1 aliphatic heterocycles. The fourth-order valence-electron chi connectivity index (χ4n) is 2.73. The van der Waals surface area contributed by atoms with Crippen LogP contribution in [0.4, 0.5) is 22.0 Å². The molecule has 0 bridgehead atoms. The summed E-state index contributed by atoms with van der Waals surface area (Å²) in [5, 5.41) is 0. The van der Waals surface area contributed by atoms with E-state index in [1.807, 2.05) is 13.8 Å². The first-order chi connectivity index (χ1) is 12.0. The van der Waals surface area contributed by atoms with Gasteiger partial charge in [0, 0.05) is 28.3 Å². The zero-order valence-electron chi connectivity index (χ0n) is 14.1. The lowest BCUT2D eigenvalue weighted by molar-refractivity contribution is -0.289. The minimum absolute atomic E-state index is 0.163. The zero-order chi connectivity index (χ0) is 19.2. The van der Waals surface area contributed by atoms with E-state index in [4.69, 9.17) is 4.74 Å².